The Morgan fingerprint density at radius 2 is 1.00 bits per heavy atom. The maximum atomic E-state index is 4.59. The minimum absolute atomic E-state index is 0. The number of hydrogen-bond acceptors (Lipinski definition) is 3. The summed E-state index contributed by atoms with van der Waals surface area (Å²) >= 11 is 0. The molecule has 0 bridgehead atoms. The average molecular weight is 334 g/mol. The second kappa shape index (κ2) is 6.30. The second-order valence-electron chi connectivity index (χ2n) is 3.84. The first-order valence-corrected chi connectivity index (χ1v) is 5.73. The molecule has 0 N–H and O–H groups in total. The number of pyridine rings is 3. The van der Waals surface area contributed by atoms with Gasteiger partial charge < -0.3 is 0 Å². The van der Waals surface area contributed by atoms with E-state index in [1.165, 1.54) is 0 Å². The van der Waals surface area contributed by atoms with E-state index in [2.05, 4.69) is 15.0 Å². The van der Waals surface area contributed by atoms with Crippen molar-refractivity contribution in [2.45, 2.75) is 0 Å². The molecule has 0 aliphatic carbocycles. The van der Waals surface area contributed by atoms with Crippen LogP contribution in [0.3, 0.4) is 0 Å². The second-order valence-corrected chi connectivity index (χ2v) is 3.84. The Morgan fingerprint density at radius 3 is 1.42 bits per heavy atom. The fraction of sp³-hybridized carbons (Fsp3) is 0. The molecule has 0 spiro atoms. The van der Waals surface area contributed by atoms with Gasteiger partial charge in [0.25, 0.3) is 0 Å². The van der Waals surface area contributed by atoms with Crippen LogP contribution in [0, 0.1) is 0 Å². The molecule has 0 aliphatic heterocycles. The van der Waals surface area contributed by atoms with Gasteiger partial charge in [-0.2, -0.15) is 0 Å². The van der Waals surface area contributed by atoms with Crippen molar-refractivity contribution >= 4 is 0 Å². The number of rotatable bonds is 2. The smallest absolute Gasteiger partial charge is 0.255 e. The normalized spacial score (nSPS) is 9.68. The van der Waals surface area contributed by atoms with Crippen LogP contribution in [0.4, 0.5) is 0 Å². The van der Waals surface area contributed by atoms with Crippen molar-refractivity contribution in [1.29, 1.82) is 0 Å². The third kappa shape index (κ3) is 3.09. The fourth-order valence-corrected chi connectivity index (χ4v) is 1.75. The molecule has 0 aromatic carbocycles. The van der Waals surface area contributed by atoms with Crippen molar-refractivity contribution in [1.82, 2.24) is 15.0 Å². The first-order valence-electron chi connectivity index (χ1n) is 5.73. The van der Waals surface area contributed by atoms with Gasteiger partial charge >= 0.3 is 19.5 Å². The van der Waals surface area contributed by atoms with Gasteiger partial charge in [-0.15, -0.1) is 0 Å². The fourth-order valence-electron chi connectivity index (χ4n) is 1.75. The molecule has 3 aromatic rings. The summed E-state index contributed by atoms with van der Waals surface area (Å²) in [6, 6.07) is 17.5. The van der Waals surface area contributed by atoms with Gasteiger partial charge in [-0.25, -0.2) is 4.98 Å². The molecule has 0 fully saturated rings. The molecule has 0 amide bonds. The largest absolute Gasteiger partial charge is 2.00 e. The molecule has 3 rings (SSSR count). The Hall–Kier alpha value is -1.93. The van der Waals surface area contributed by atoms with Gasteiger partial charge in [0.1, 0.15) is 0 Å². The number of hydrogen-bond donors (Lipinski definition) is 0. The topological polar surface area (TPSA) is 38.7 Å². The minimum atomic E-state index is 0. The van der Waals surface area contributed by atoms with Crippen LogP contribution in [0.15, 0.2) is 67.0 Å². The van der Waals surface area contributed by atoms with Crippen LogP contribution in [0.5, 0.6) is 0 Å². The van der Waals surface area contributed by atoms with Crippen LogP contribution in [0.2, 0.25) is 0 Å². The van der Waals surface area contributed by atoms with Gasteiger partial charge in [0.2, 0.25) is 0 Å². The zero-order valence-electron chi connectivity index (χ0n) is 10.0. The van der Waals surface area contributed by atoms with Gasteiger partial charge in [0.15, 0.2) is 0 Å². The maximum Gasteiger partial charge on any atom is 2.00 e. The first-order chi connectivity index (χ1) is 8.93. The summed E-state index contributed by atoms with van der Waals surface area (Å²) in [4.78, 5) is 13.2. The zero-order valence-corrected chi connectivity index (χ0v) is 11.8. The molecule has 3 nitrogen and oxygen atoms in total. The molecule has 0 radical (unpaired) electrons. The van der Waals surface area contributed by atoms with Crippen LogP contribution in [-0.4, -0.2) is 15.0 Å². The number of aromatic nitrogens is 3. The van der Waals surface area contributed by atoms with Gasteiger partial charge in [0, 0.05) is 12.4 Å². The molecule has 0 unspecified atom stereocenters. The molecular weight excluding hydrogens is 323 g/mol. The van der Waals surface area contributed by atoms with Crippen molar-refractivity contribution in [3.63, 3.8) is 0 Å². The van der Waals surface area contributed by atoms with Crippen molar-refractivity contribution in [3.8, 4) is 22.8 Å². The average Bonchev–Trinajstić information content (AvgIpc) is 2.49. The third-order valence-corrected chi connectivity index (χ3v) is 2.60. The SMILES string of the molecule is [Ru+2].c1ccc(-c2cccc(-c3ccccn3)n2)nc1. The van der Waals surface area contributed by atoms with Crippen LogP contribution in [-0.2, 0) is 19.5 Å². The van der Waals surface area contributed by atoms with Gasteiger partial charge in [0.05, 0.1) is 22.8 Å². The van der Waals surface area contributed by atoms with Crippen LogP contribution in [0.1, 0.15) is 0 Å². The van der Waals surface area contributed by atoms with Crippen LogP contribution < -0.4 is 0 Å². The summed E-state index contributed by atoms with van der Waals surface area (Å²) in [7, 11) is 0. The summed E-state index contributed by atoms with van der Waals surface area (Å²) in [5.74, 6) is 0. The Morgan fingerprint density at radius 1 is 0.526 bits per heavy atom. The minimum Gasteiger partial charge on any atom is -0.255 e. The predicted molar refractivity (Wildman–Crippen MR) is 70.7 cm³/mol. The van der Waals surface area contributed by atoms with Gasteiger partial charge in [-0.1, -0.05) is 18.2 Å². The molecule has 3 aromatic heterocycles. The standard InChI is InChI=1S/C15H11N3.Ru/c1-3-10-16-12(6-1)14-8-5-9-15(18-14)13-7-2-4-11-17-13;/h1-11H;/q;+2. The summed E-state index contributed by atoms with van der Waals surface area (Å²) in [6.45, 7) is 0. The van der Waals surface area contributed by atoms with Crippen molar-refractivity contribution < 1.29 is 19.5 Å². The molecule has 0 saturated heterocycles. The summed E-state index contributed by atoms with van der Waals surface area (Å²) < 4.78 is 0. The van der Waals surface area contributed by atoms with Crippen molar-refractivity contribution in [2.24, 2.45) is 0 Å². The molecule has 0 aliphatic rings. The van der Waals surface area contributed by atoms with E-state index >= 15 is 0 Å². The van der Waals surface area contributed by atoms with Crippen molar-refractivity contribution in [3.05, 3.63) is 67.0 Å². The van der Waals surface area contributed by atoms with E-state index in [4.69, 9.17) is 0 Å². The summed E-state index contributed by atoms with van der Waals surface area (Å²) in [5, 5.41) is 0. The molecule has 19 heavy (non-hydrogen) atoms. The van der Waals surface area contributed by atoms with E-state index in [-0.39, 0.29) is 19.5 Å². The predicted octanol–water partition coefficient (Wildman–Crippen LogP) is 3.20. The number of nitrogens with zero attached hydrogens (tertiary/aromatic N) is 3. The molecular formula is C15H11N3Ru+2. The molecule has 0 saturated carbocycles. The molecule has 3 heterocycles. The Kier molecular flexibility index (Phi) is 4.48. The van der Waals surface area contributed by atoms with E-state index in [0.717, 1.165) is 22.8 Å². The van der Waals surface area contributed by atoms with Gasteiger partial charge in [-0.3, -0.25) is 9.97 Å². The van der Waals surface area contributed by atoms with Crippen molar-refractivity contribution in [2.75, 3.05) is 0 Å². The Bertz CT molecular complexity index is 587. The Labute approximate surface area is 124 Å². The first kappa shape index (κ1) is 13.5. The molecule has 92 valence electrons. The van der Waals surface area contributed by atoms with E-state index < -0.39 is 0 Å². The third-order valence-electron chi connectivity index (χ3n) is 2.60. The molecule has 4 heteroatoms. The van der Waals surface area contributed by atoms with E-state index in [1.54, 1.807) is 12.4 Å². The van der Waals surface area contributed by atoms with E-state index in [9.17, 15) is 0 Å². The molecule has 0 atom stereocenters. The Balaban J connectivity index is 0.00000133. The zero-order chi connectivity index (χ0) is 12.2. The van der Waals surface area contributed by atoms with Crippen LogP contribution in [0.25, 0.3) is 22.8 Å². The van der Waals surface area contributed by atoms with Crippen LogP contribution >= 0.6 is 0 Å². The monoisotopic (exact) mass is 335 g/mol. The summed E-state index contributed by atoms with van der Waals surface area (Å²) in [5.41, 5.74) is 3.46. The maximum absolute atomic E-state index is 4.59. The summed E-state index contributed by atoms with van der Waals surface area (Å²) in [6.07, 6.45) is 3.54. The van der Waals surface area contributed by atoms with E-state index in [0.29, 0.717) is 0 Å². The van der Waals surface area contributed by atoms with Gasteiger partial charge in [-0.05, 0) is 36.4 Å². The van der Waals surface area contributed by atoms with E-state index in [1.807, 2.05) is 54.6 Å². The quantitative estimate of drug-likeness (QED) is 0.676.